The molecule has 3 rings (SSSR count). The first-order valence-corrected chi connectivity index (χ1v) is 11.1. The van der Waals surface area contributed by atoms with Gasteiger partial charge in [-0.25, -0.2) is 8.42 Å². The standard InChI is InChI=1S/C22H26N2O3S/c1-17-6-5-9-21(16-17)23-22(25)19-10-12-20(13-11-19)24-28(26,27)15-14-18-7-3-2-4-8-18/h2-4,7-8,10-15,17,21,24H,5-6,9,16H2,1H3,(H,23,25). The fourth-order valence-electron chi connectivity index (χ4n) is 3.45. The van der Waals surface area contributed by atoms with Crippen molar-refractivity contribution < 1.29 is 13.2 Å². The lowest BCUT2D eigenvalue weighted by Gasteiger charge is -2.27. The van der Waals surface area contributed by atoms with E-state index in [2.05, 4.69) is 17.0 Å². The average Bonchev–Trinajstić information content (AvgIpc) is 2.67. The zero-order valence-electron chi connectivity index (χ0n) is 16.0. The fourth-order valence-corrected chi connectivity index (χ4v) is 4.32. The minimum atomic E-state index is -3.63. The van der Waals surface area contributed by atoms with Crippen LogP contribution in [0.3, 0.4) is 0 Å². The van der Waals surface area contributed by atoms with Gasteiger partial charge in [0.15, 0.2) is 0 Å². The molecule has 0 radical (unpaired) electrons. The van der Waals surface area contributed by atoms with Crippen molar-refractivity contribution in [1.82, 2.24) is 5.32 Å². The number of rotatable bonds is 6. The van der Waals surface area contributed by atoms with E-state index in [-0.39, 0.29) is 11.9 Å². The van der Waals surface area contributed by atoms with Crippen LogP contribution in [0.2, 0.25) is 0 Å². The van der Waals surface area contributed by atoms with Gasteiger partial charge in [0.1, 0.15) is 0 Å². The highest BCUT2D eigenvalue weighted by Gasteiger charge is 2.20. The minimum Gasteiger partial charge on any atom is -0.349 e. The summed E-state index contributed by atoms with van der Waals surface area (Å²) >= 11 is 0. The monoisotopic (exact) mass is 398 g/mol. The Hall–Kier alpha value is -2.60. The largest absolute Gasteiger partial charge is 0.349 e. The van der Waals surface area contributed by atoms with Crippen LogP contribution in [0.25, 0.3) is 6.08 Å². The smallest absolute Gasteiger partial charge is 0.255 e. The Morgan fingerprint density at radius 1 is 1.04 bits per heavy atom. The Kier molecular flexibility index (Phi) is 6.52. The molecule has 1 amide bonds. The molecule has 2 aromatic rings. The summed E-state index contributed by atoms with van der Waals surface area (Å²) < 4.78 is 26.9. The van der Waals surface area contributed by atoms with Crippen molar-refractivity contribution in [3.63, 3.8) is 0 Å². The summed E-state index contributed by atoms with van der Waals surface area (Å²) in [5, 5.41) is 4.22. The Morgan fingerprint density at radius 3 is 2.43 bits per heavy atom. The van der Waals surface area contributed by atoms with Crippen LogP contribution in [-0.2, 0) is 10.0 Å². The highest BCUT2D eigenvalue weighted by Crippen LogP contribution is 2.24. The topological polar surface area (TPSA) is 75.3 Å². The third kappa shape index (κ3) is 5.96. The molecule has 0 aliphatic heterocycles. The number of benzene rings is 2. The molecule has 6 heteroatoms. The summed E-state index contributed by atoms with van der Waals surface area (Å²) in [6, 6.07) is 15.9. The van der Waals surface area contributed by atoms with Crippen LogP contribution in [0.1, 0.15) is 48.5 Å². The van der Waals surface area contributed by atoms with Crippen molar-refractivity contribution in [1.29, 1.82) is 0 Å². The van der Waals surface area contributed by atoms with Gasteiger partial charge in [-0.2, -0.15) is 0 Å². The number of anilines is 1. The van der Waals surface area contributed by atoms with Crippen molar-refractivity contribution in [2.45, 2.75) is 38.6 Å². The molecule has 0 aromatic heterocycles. The van der Waals surface area contributed by atoms with E-state index in [1.54, 1.807) is 24.3 Å². The summed E-state index contributed by atoms with van der Waals surface area (Å²) in [6.45, 7) is 2.21. The van der Waals surface area contributed by atoms with Crippen molar-refractivity contribution >= 4 is 27.7 Å². The van der Waals surface area contributed by atoms with Crippen LogP contribution in [0, 0.1) is 5.92 Å². The average molecular weight is 399 g/mol. The Labute approximate surface area is 166 Å². The second kappa shape index (κ2) is 9.06. The van der Waals surface area contributed by atoms with E-state index in [9.17, 15) is 13.2 Å². The highest BCUT2D eigenvalue weighted by atomic mass is 32.2. The molecule has 5 nitrogen and oxygen atoms in total. The van der Waals surface area contributed by atoms with Crippen molar-refractivity contribution in [2.24, 2.45) is 5.92 Å². The summed E-state index contributed by atoms with van der Waals surface area (Å²) in [4.78, 5) is 12.4. The van der Waals surface area contributed by atoms with Crippen LogP contribution < -0.4 is 10.0 Å². The number of carbonyl (C=O) groups is 1. The molecule has 2 aromatic carbocycles. The van der Waals surface area contributed by atoms with E-state index in [0.29, 0.717) is 17.2 Å². The van der Waals surface area contributed by atoms with Gasteiger partial charge in [-0.05, 0) is 54.7 Å². The van der Waals surface area contributed by atoms with Crippen molar-refractivity contribution in [2.75, 3.05) is 4.72 Å². The zero-order chi connectivity index (χ0) is 20.0. The number of nitrogens with one attached hydrogen (secondary N) is 2. The lowest BCUT2D eigenvalue weighted by molar-refractivity contribution is 0.0921. The molecule has 28 heavy (non-hydrogen) atoms. The minimum absolute atomic E-state index is 0.113. The van der Waals surface area contributed by atoms with E-state index in [1.807, 2.05) is 30.3 Å². The maximum atomic E-state index is 12.4. The third-order valence-electron chi connectivity index (χ3n) is 4.92. The van der Waals surface area contributed by atoms with Gasteiger partial charge in [0.25, 0.3) is 15.9 Å². The lowest BCUT2D eigenvalue weighted by atomic mass is 9.87. The van der Waals surface area contributed by atoms with Gasteiger partial charge >= 0.3 is 0 Å². The molecule has 2 unspecified atom stereocenters. The fraction of sp³-hybridized carbons (Fsp3) is 0.318. The molecule has 1 saturated carbocycles. The molecule has 1 fully saturated rings. The van der Waals surface area contributed by atoms with E-state index >= 15 is 0 Å². The maximum Gasteiger partial charge on any atom is 0.255 e. The summed E-state index contributed by atoms with van der Waals surface area (Å²) in [6.07, 6.45) is 5.93. The predicted molar refractivity (Wildman–Crippen MR) is 113 cm³/mol. The van der Waals surface area contributed by atoms with Crippen LogP contribution in [-0.4, -0.2) is 20.4 Å². The van der Waals surface area contributed by atoms with Gasteiger partial charge in [-0.15, -0.1) is 0 Å². The van der Waals surface area contributed by atoms with Gasteiger partial charge < -0.3 is 5.32 Å². The molecule has 0 heterocycles. The Bertz CT molecular complexity index is 922. The number of carbonyl (C=O) groups excluding carboxylic acids is 1. The quantitative estimate of drug-likeness (QED) is 0.757. The summed E-state index contributed by atoms with van der Waals surface area (Å²) in [5.41, 5.74) is 1.75. The van der Waals surface area contributed by atoms with Crippen molar-refractivity contribution in [3.8, 4) is 0 Å². The zero-order valence-corrected chi connectivity index (χ0v) is 16.8. The molecule has 0 spiro atoms. The summed E-state index contributed by atoms with van der Waals surface area (Å²) in [5.74, 6) is 0.525. The number of sulfonamides is 1. The van der Waals surface area contributed by atoms with Crippen LogP contribution >= 0.6 is 0 Å². The summed E-state index contributed by atoms with van der Waals surface area (Å²) in [7, 11) is -3.63. The third-order valence-corrected chi connectivity index (χ3v) is 5.93. The SMILES string of the molecule is CC1CCCC(NC(=O)c2ccc(NS(=O)(=O)C=Cc3ccccc3)cc2)C1. The normalized spacial score (nSPS) is 20.0. The molecular formula is C22H26N2O3S. The van der Waals surface area contributed by atoms with E-state index in [4.69, 9.17) is 0 Å². The second-order valence-corrected chi connectivity index (χ2v) is 8.95. The number of hydrogen-bond acceptors (Lipinski definition) is 3. The van der Waals surface area contributed by atoms with E-state index in [1.165, 1.54) is 12.5 Å². The number of hydrogen-bond donors (Lipinski definition) is 2. The lowest BCUT2D eigenvalue weighted by Crippen LogP contribution is -2.37. The van der Waals surface area contributed by atoms with Gasteiger partial charge in [-0.1, -0.05) is 50.1 Å². The van der Waals surface area contributed by atoms with E-state index in [0.717, 1.165) is 30.2 Å². The van der Waals surface area contributed by atoms with Gasteiger partial charge in [0, 0.05) is 17.3 Å². The maximum absolute atomic E-state index is 12.4. The highest BCUT2D eigenvalue weighted by molar-refractivity contribution is 7.95. The van der Waals surface area contributed by atoms with E-state index < -0.39 is 10.0 Å². The molecule has 2 atom stereocenters. The molecule has 0 bridgehead atoms. The first-order chi connectivity index (χ1) is 13.4. The second-order valence-electron chi connectivity index (χ2n) is 7.38. The van der Waals surface area contributed by atoms with Crippen molar-refractivity contribution in [3.05, 3.63) is 71.1 Å². The first kappa shape index (κ1) is 20.1. The molecule has 2 N–H and O–H groups in total. The van der Waals surface area contributed by atoms with Gasteiger partial charge in [0.2, 0.25) is 0 Å². The van der Waals surface area contributed by atoms with Gasteiger partial charge in [-0.3, -0.25) is 9.52 Å². The van der Waals surface area contributed by atoms with Crippen LogP contribution in [0.4, 0.5) is 5.69 Å². The first-order valence-electron chi connectivity index (χ1n) is 9.58. The predicted octanol–water partition coefficient (Wildman–Crippen LogP) is 4.41. The Balaban J connectivity index is 1.59. The molecular weight excluding hydrogens is 372 g/mol. The molecule has 1 aliphatic carbocycles. The molecule has 148 valence electrons. The van der Waals surface area contributed by atoms with Gasteiger partial charge in [0.05, 0.1) is 5.41 Å². The molecule has 1 aliphatic rings. The number of amides is 1. The Morgan fingerprint density at radius 2 is 1.75 bits per heavy atom. The van der Waals surface area contributed by atoms with Crippen LogP contribution in [0.5, 0.6) is 0 Å². The molecule has 0 saturated heterocycles. The van der Waals surface area contributed by atoms with Crippen LogP contribution in [0.15, 0.2) is 60.0 Å².